The highest BCUT2D eigenvalue weighted by Gasteiger charge is 2.71. The molecule has 1 unspecified atom stereocenters. The van der Waals surface area contributed by atoms with E-state index in [0.717, 1.165) is 17.3 Å². The zero-order valence-electron chi connectivity index (χ0n) is 25.6. The number of aliphatic hydroxyl groups is 3. The van der Waals surface area contributed by atoms with Crippen LogP contribution in [-0.4, -0.2) is 87.5 Å². The lowest BCUT2D eigenvalue weighted by Crippen LogP contribution is -3.00. The van der Waals surface area contributed by atoms with Crippen LogP contribution in [0.15, 0.2) is 53.2 Å². The minimum absolute atomic E-state index is 0. The molecule has 5 heterocycles. The van der Waals surface area contributed by atoms with Crippen LogP contribution in [0.1, 0.15) is 60.6 Å². The smallest absolute Gasteiger partial charge is 0.349 e. The van der Waals surface area contributed by atoms with E-state index >= 15 is 0 Å². The van der Waals surface area contributed by atoms with E-state index in [0.29, 0.717) is 51.7 Å². The molecule has 3 aromatic rings. The van der Waals surface area contributed by atoms with Gasteiger partial charge in [0.25, 0.3) is 0 Å². The molecular weight excluding hydrogens is 668 g/mol. The number of fused-ring (bicyclic) bond motifs is 5. The third kappa shape index (κ3) is 7.08. The van der Waals surface area contributed by atoms with Gasteiger partial charge in [0, 0.05) is 30.5 Å². The van der Waals surface area contributed by atoms with E-state index in [1.54, 1.807) is 24.3 Å². The van der Waals surface area contributed by atoms with E-state index in [-0.39, 0.29) is 41.0 Å². The van der Waals surface area contributed by atoms with Crippen molar-refractivity contribution < 1.29 is 56.2 Å². The summed E-state index contributed by atoms with van der Waals surface area (Å²) in [5, 5.41) is 46.7. The third-order valence-corrected chi connectivity index (χ3v) is 10.8. The van der Waals surface area contributed by atoms with Gasteiger partial charge in [0.05, 0.1) is 36.6 Å². The first-order valence-electron chi connectivity index (χ1n) is 14.6. The molecule has 3 aliphatic heterocycles. The highest BCUT2D eigenvalue weighted by molar-refractivity contribution is 7.12. The number of hydrogen-bond donors (Lipinski definition) is 5. The van der Waals surface area contributed by atoms with Gasteiger partial charge < -0.3 is 56.7 Å². The molecule has 1 aromatic carbocycles. The summed E-state index contributed by atoms with van der Waals surface area (Å²) in [4.78, 5) is 14.3. The fourth-order valence-corrected chi connectivity index (χ4v) is 8.00. The minimum Gasteiger partial charge on any atom is -1.00 e. The number of nitrogens with one attached hydrogen (secondary N) is 1. The summed E-state index contributed by atoms with van der Waals surface area (Å²) in [6.45, 7) is 6.26. The second kappa shape index (κ2) is 13.5. The largest absolute Gasteiger partial charge is 1.00 e. The summed E-state index contributed by atoms with van der Waals surface area (Å²) in [6.07, 6.45) is 1.40. The number of aliphatic hydroxyl groups excluding tert-OH is 2. The molecule has 0 spiro atoms. The number of β-amino-alcohol motifs (C(OH)–C–C–N with tert-alkyl or cyclic N) is 1. The summed E-state index contributed by atoms with van der Waals surface area (Å²) in [5.41, 5.74) is -0.665. The zero-order valence-corrected chi connectivity index (χ0v) is 28.9. The number of quaternary nitrogens is 1. The fourth-order valence-electron chi connectivity index (χ4n) is 6.29. The number of likely N-dealkylation sites (N-methyl/N-ethyl adjacent to an activating group) is 1. The molecule has 0 aliphatic carbocycles. The molecule has 2 bridgehead atoms. The summed E-state index contributed by atoms with van der Waals surface area (Å²) in [6, 6.07) is 12.8. The second-order valence-corrected chi connectivity index (χ2v) is 15.1. The number of rotatable bonds is 8. The number of phenols is 1. The van der Waals surface area contributed by atoms with Gasteiger partial charge in [-0.15, -0.1) is 22.7 Å². The van der Waals surface area contributed by atoms with Crippen molar-refractivity contribution in [3.05, 3.63) is 74.1 Å². The highest BCUT2D eigenvalue weighted by atomic mass is 79.9. The van der Waals surface area contributed by atoms with Gasteiger partial charge in [-0.25, -0.2) is 4.79 Å². The van der Waals surface area contributed by atoms with E-state index in [2.05, 4.69) is 19.4 Å². The van der Waals surface area contributed by atoms with Crippen molar-refractivity contribution in [2.45, 2.75) is 87.9 Å². The van der Waals surface area contributed by atoms with Crippen LogP contribution in [0.3, 0.4) is 0 Å². The molecular formula is C32H43BrN2O7S2. The van der Waals surface area contributed by atoms with Crippen LogP contribution in [0.4, 0.5) is 0 Å². The van der Waals surface area contributed by atoms with E-state index < -0.39 is 17.7 Å². The average molecular weight is 712 g/mol. The van der Waals surface area contributed by atoms with E-state index in [1.807, 2.05) is 43.7 Å². The zero-order chi connectivity index (χ0) is 31.2. The second-order valence-electron chi connectivity index (χ2n) is 13.2. The molecule has 44 heavy (non-hydrogen) atoms. The Balaban J connectivity index is 0.000000216. The van der Waals surface area contributed by atoms with Crippen molar-refractivity contribution in [2.24, 2.45) is 0 Å². The topological polar surface area (TPSA) is 132 Å². The quantitative estimate of drug-likeness (QED) is 0.131. The summed E-state index contributed by atoms with van der Waals surface area (Å²) in [7, 11) is 4.49. The number of hydrogen-bond acceptors (Lipinski definition) is 10. The van der Waals surface area contributed by atoms with Crippen LogP contribution < -0.4 is 22.3 Å². The first kappa shape index (κ1) is 35.0. The number of aromatic hydroxyl groups is 1. The van der Waals surface area contributed by atoms with E-state index in [4.69, 9.17) is 14.6 Å². The molecule has 3 saturated heterocycles. The first-order chi connectivity index (χ1) is 20.3. The summed E-state index contributed by atoms with van der Waals surface area (Å²) in [5.74, 6) is -0.513. The number of carbonyl (C=O) groups is 1. The molecule has 9 nitrogen and oxygen atoms in total. The number of piperidine rings is 1. The van der Waals surface area contributed by atoms with Gasteiger partial charge in [-0.05, 0) is 61.4 Å². The lowest BCUT2D eigenvalue weighted by atomic mass is 9.95. The van der Waals surface area contributed by atoms with Crippen molar-refractivity contribution >= 4 is 28.6 Å². The number of benzene rings is 1. The maximum atomic E-state index is 13.1. The van der Waals surface area contributed by atoms with Crippen LogP contribution in [0, 0.1) is 0 Å². The number of morpholine rings is 1. The molecule has 242 valence electrons. The molecule has 0 radical (unpaired) electrons. The molecule has 3 aliphatic rings. The van der Waals surface area contributed by atoms with Gasteiger partial charge in [0.1, 0.15) is 36.1 Å². The van der Waals surface area contributed by atoms with Gasteiger partial charge in [0.15, 0.2) is 0 Å². The molecule has 6 rings (SSSR count). The van der Waals surface area contributed by atoms with Crippen LogP contribution >= 0.6 is 22.7 Å². The Hall–Kier alpha value is -1.87. The molecule has 0 saturated carbocycles. The Labute approximate surface area is 277 Å². The average Bonchev–Trinajstić information content (AvgIpc) is 3.28. The van der Waals surface area contributed by atoms with Crippen molar-refractivity contribution in [2.75, 3.05) is 20.6 Å². The fraction of sp³-hybridized carbons (Fsp3) is 0.531. The number of ether oxygens (including phenoxy) is 2. The molecule has 2 aromatic heterocycles. The third-order valence-electron chi connectivity index (χ3n) is 8.85. The molecule has 5 N–H and O–H groups in total. The number of epoxide rings is 1. The predicted molar refractivity (Wildman–Crippen MR) is 166 cm³/mol. The maximum absolute atomic E-state index is 13.1. The SMILES string of the molecule is CC(C)(C)NCC(O)c1ccc(O)c(CO)c1.C[N+]1(C)[C@@H]2C[C@@H](OC(=O)C(O)(c3cccs3)c3cccs3)C[C@H]1[C@@H]1O[C@@H]12.[Br-]. The summed E-state index contributed by atoms with van der Waals surface area (Å²) < 4.78 is 12.6. The number of carbonyl (C=O) groups excluding carboxylic acids is 1. The van der Waals surface area contributed by atoms with Gasteiger partial charge in [-0.1, -0.05) is 18.2 Å². The normalized spacial score (nSPS) is 25.6. The number of esters is 1. The van der Waals surface area contributed by atoms with Gasteiger partial charge >= 0.3 is 5.97 Å². The standard InChI is InChI=1S/C19H22NO4S2.C13H21NO3.BrH/c1-20(2)12-9-11(10-13(20)17-16(12)24-17)23-18(21)19(22,14-5-3-7-25-14)15-6-4-8-26-15;1-13(2,3)14-7-12(17)9-4-5-11(16)10(6-9)8-15;/h3-8,11-13,16-17,22H,9-10H2,1-2H3;4-6,12,14-17H,7-8H2,1-3H3;1H/q+1;;/p-1/t11-,12-,13+,16-,17+;;. The van der Waals surface area contributed by atoms with Crippen LogP contribution in [0.25, 0.3) is 0 Å². The Kier molecular flexibility index (Phi) is 10.7. The van der Waals surface area contributed by atoms with Crippen molar-refractivity contribution in [1.29, 1.82) is 0 Å². The van der Waals surface area contributed by atoms with E-state index in [1.165, 1.54) is 28.7 Å². The van der Waals surface area contributed by atoms with Gasteiger partial charge in [-0.3, -0.25) is 0 Å². The molecule has 0 amide bonds. The monoisotopic (exact) mass is 710 g/mol. The first-order valence-corrected chi connectivity index (χ1v) is 16.4. The predicted octanol–water partition coefficient (Wildman–Crippen LogP) is 0.656. The molecule has 3 fully saturated rings. The summed E-state index contributed by atoms with van der Waals surface area (Å²) >= 11 is 2.74. The van der Waals surface area contributed by atoms with Crippen molar-refractivity contribution in [3.63, 3.8) is 0 Å². The number of nitrogens with zero attached hydrogens (tertiary/aromatic N) is 1. The Morgan fingerprint density at radius 1 is 1.07 bits per heavy atom. The lowest BCUT2D eigenvalue weighted by molar-refractivity contribution is -0.938. The van der Waals surface area contributed by atoms with Gasteiger partial charge in [0.2, 0.25) is 5.60 Å². The van der Waals surface area contributed by atoms with Crippen LogP contribution in [-0.2, 0) is 26.5 Å². The van der Waals surface area contributed by atoms with E-state index in [9.17, 15) is 20.1 Å². The van der Waals surface area contributed by atoms with Crippen molar-refractivity contribution in [3.8, 4) is 5.75 Å². The van der Waals surface area contributed by atoms with Gasteiger partial charge in [-0.2, -0.15) is 0 Å². The molecule has 6 atom stereocenters. The van der Waals surface area contributed by atoms with Crippen LogP contribution in [0.5, 0.6) is 5.75 Å². The van der Waals surface area contributed by atoms with Crippen molar-refractivity contribution in [1.82, 2.24) is 5.32 Å². The Morgan fingerprint density at radius 2 is 1.64 bits per heavy atom. The lowest BCUT2D eigenvalue weighted by Gasteiger charge is -2.45. The highest BCUT2D eigenvalue weighted by Crippen LogP contribution is 2.52. The minimum atomic E-state index is -1.72. The Morgan fingerprint density at radius 3 is 2.11 bits per heavy atom. The number of thiophene rings is 2. The molecule has 12 heteroatoms. The maximum Gasteiger partial charge on any atom is 0.349 e. The Bertz CT molecular complexity index is 1340. The van der Waals surface area contributed by atoms with Crippen LogP contribution in [0.2, 0.25) is 0 Å². The number of halogens is 1.